The van der Waals surface area contributed by atoms with Crippen LogP contribution in [0.4, 0.5) is 11.5 Å². The number of pyridine rings is 1. The summed E-state index contributed by atoms with van der Waals surface area (Å²) in [4.78, 5) is 15.5. The van der Waals surface area contributed by atoms with Crippen molar-refractivity contribution in [3.8, 4) is 11.3 Å². The number of sulfonamides is 1. The van der Waals surface area contributed by atoms with Crippen LogP contribution in [0, 0.1) is 10.1 Å². The minimum atomic E-state index is -3.60. The highest BCUT2D eigenvalue weighted by atomic mass is 32.2. The summed E-state index contributed by atoms with van der Waals surface area (Å²) in [5, 5.41) is 14.5. The molecule has 0 radical (unpaired) electrons. The van der Waals surface area contributed by atoms with Gasteiger partial charge in [0.2, 0.25) is 10.0 Å². The lowest BCUT2D eigenvalue weighted by atomic mass is 10.1. The van der Waals surface area contributed by atoms with Crippen molar-refractivity contribution in [2.24, 2.45) is 0 Å². The van der Waals surface area contributed by atoms with Crippen molar-refractivity contribution < 1.29 is 13.3 Å². The predicted octanol–water partition coefficient (Wildman–Crippen LogP) is 3.52. The lowest BCUT2D eigenvalue weighted by molar-refractivity contribution is -0.384. The van der Waals surface area contributed by atoms with Crippen LogP contribution in [0.25, 0.3) is 11.3 Å². The average Bonchev–Trinajstić information content (AvgIpc) is 2.72. The van der Waals surface area contributed by atoms with Crippen LogP contribution in [-0.4, -0.2) is 36.7 Å². The molecule has 0 amide bonds. The maximum absolute atomic E-state index is 12.5. The maximum Gasteiger partial charge on any atom is 0.295 e. The Morgan fingerprint density at radius 2 is 1.66 bits per heavy atom. The summed E-state index contributed by atoms with van der Waals surface area (Å²) >= 11 is 0. The fraction of sp³-hybridized carbons (Fsp3) is 0.150. The van der Waals surface area contributed by atoms with Gasteiger partial charge in [-0.1, -0.05) is 48.5 Å². The van der Waals surface area contributed by atoms with Gasteiger partial charge in [0.25, 0.3) is 5.69 Å². The molecule has 1 aromatic heterocycles. The number of nitrogens with zero attached hydrogens (tertiary/aromatic N) is 3. The molecule has 0 spiro atoms. The van der Waals surface area contributed by atoms with Gasteiger partial charge in [-0.25, -0.2) is 17.7 Å². The Balaban J connectivity index is 1.93. The van der Waals surface area contributed by atoms with Crippen LogP contribution in [-0.2, 0) is 16.6 Å². The smallest absolute Gasteiger partial charge is 0.295 e. The van der Waals surface area contributed by atoms with Crippen molar-refractivity contribution in [2.45, 2.75) is 11.4 Å². The molecule has 0 saturated heterocycles. The molecule has 0 unspecified atom stereocenters. The van der Waals surface area contributed by atoms with Crippen LogP contribution in [0.3, 0.4) is 0 Å². The molecule has 0 atom stereocenters. The second kappa shape index (κ2) is 8.38. The van der Waals surface area contributed by atoms with Gasteiger partial charge in [0.15, 0.2) is 5.69 Å². The molecule has 9 heteroatoms. The van der Waals surface area contributed by atoms with E-state index in [1.165, 1.54) is 26.2 Å². The van der Waals surface area contributed by atoms with Crippen molar-refractivity contribution in [1.29, 1.82) is 0 Å². The minimum absolute atomic E-state index is 0.0997. The Hall–Kier alpha value is -3.30. The van der Waals surface area contributed by atoms with Gasteiger partial charge in [0.1, 0.15) is 5.82 Å². The number of anilines is 1. The monoisotopic (exact) mass is 412 g/mol. The number of hydrogen-bond acceptors (Lipinski definition) is 6. The molecule has 0 aliphatic rings. The third-order valence-electron chi connectivity index (χ3n) is 4.31. The van der Waals surface area contributed by atoms with Gasteiger partial charge in [-0.3, -0.25) is 10.1 Å². The van der Waals surface area contributed by atoms with Crippen LogP contribution in [0.5, 0.6) is 0 Å². The summed E-state index contributed by atoms with van der Waals surface area (Å²) in [7, 11) is -0.646. The van der Waals surface area contributed by atoms with E-state index >= 15 is 0 Å². The number of hydrogen-bond donors (Lipinski definition) is 1. The highest BCUT2D eigenvalue weighted by Crippen LogP contribution is 2.29. The standard InChI is InChI=1S/C20H20N4O4S/c1-23(2)29(27,28)18-11-7-6-10-16(18)14-21-19-13-12-17(24(25)26)20(22-19)15-8-4-3-5-9-15/h3-13H,14H2,1-2H3,(H,21,22). The molecule has 0 aliphatic heterocycles. The van der Waals surface area contributed by atoms with Crippen molar-refractivity contribution in [2.75, 3.05) is 19.4 Å². The predicted molar refractivity (Wildman–Crippen MR) is 111 cm³/mol. The van der Waals surface area contributed by atoms with E-state index in [2.05, 4.69) is 10.3 Å². The van der Waals surface area contributed by atoms with Crippen LogP contribution in [0.1, 0.15) is 5.56 Å². The topological polar surface area (TPSA) is 105 Å². The average molecular weight is 412 g/mol. The summed E-state index contributed by atoms with van der Waals surface area (Å²) in [5.74, 6) is 0.409. The molecule has 150 valence electrons. The fourth-order valence-corrected chi connectivity index (χ4v) is 3.91. The SMILES string of the molecule is CN(C)S(=O)(=O)c1ccccc1CNc1ccc([N+](=O)[O-])c(-c2ccccc2)n1. The quantitative estimate of drug-likeness (QED) is 0.470. The summed E-state index contributed by atoms with van der Waals surface area (Å²) in [6.45, 7) is 0.197. The third-order valence-corrected chi connectivity index (χ3v) is 6.22. The molecule has 3 rings (SSSR count). The van der Waals surface area contributed by atoms with Crippen molar-refractivity contribution in [3.63, 3.8) is 0 Å². The first-order valence-electron chi connectivity index (χ1n) is 8.76. The fourth-order valence-electron chi connectivity index (χ4n) is 2.79. The van der Waals surface area contributed by atoms with E-state index < -0.39 is 14.9 Å². The molecule has 0 bridgehead atoms. The number of rotatable bonds is 7. The van der Waals surface area contributed by atoms with Crippen LogP contribution < -0.4 is 5.32 Å². The number of benzene rings is 2. The first-order valence-corrected chi connectivity index (χ1v) is 10.2. The Labute approximate surface area is 169 Å². The van der Waals surface area contributed by atoms with Crippen LogP contribution >= 0.6 is 0 Å². The molecular formula is C20H20N4O4S. The largest absolute Gasteiger partial charge is 0.366 e. The summed E-state index contributed by atoms with van der Waals surface area (Å²) < 4.78 is 26.2. The van der Waals surface area contributed by atoms with Gasteiger partial charge >= 0.3 is 0 Å². The Morgan fingerprint density at radius 1 is 1.00 bits per heavy atom. The molecule has 3 aromatic rings. The Bertz CT molecular complexity index is 1130. The Morgan fingerprint density at radius 3 is 2.31 bits per heavy atom. The zero-order chi connectivity index (χ0) is 21.0. The molecule has 0 aliphatic carbocycles. The second-order valence-corrected chi connectivity index (χ2v) is 8.56. The molecular weight excluding hydrogens is 392 g/mol. The van der Waals surface area contributed by atoms with E-state index in [1.54, 1.807) is 48.5 Å². The minimum Gasteiger partial charge on any atom is -0.366 e. The van der Waals surface area contributed by atoms with E-state index in [1.807, 2.05) is 6.07 Å². The second-order valence-electron chi connectivity index (χ2n) is 6.44. The molecule has 8 nitrogen and oxygen atoms in total. The van der Waals surface area contributed by atoms with Gasteiger partial charge in [-0.05, 0) is 17.7 Å². The lowest BCUT2D eigenvalue weighted by Gasteiger charge is -2.16. The molecule has 1 heterocycles. The number of nitro groups is 1. The number of aromatic nitrogens is 1. The molecule has 29 heavy (non-hydrogen) atoms. The lowest BCUT2D eigenvalue weighted by Crippen LogP contribution is -2.23. The van der Waals surface area contributed by atoms with E-state index in [-0.39, 0.29) is 22.8 Å². The molecule has 0 saturated carbocycles. The highest BCUT2D eigenvalue weighted by Gasteiger charge is 2.21. The van der Waals surface area contributed by atoms with Gasteiger partial charge in [0.05, 0.1) is 9.82 Å². The maximum atomic E-state index is 12.5. The zero-order valence-electron chi connectivity index (χ0n) is 15.9. The van der Waals surface area contributed by atoms with E-state index in [9.17, 15) is 18.5 Å². The molecule has 0 fully saturated rings. The molecule has 2 aromatic carbocycles. The van der Waals surface area contributed by atoms with Gasteiger partial charge in [-0.15, -0.1) is 0 Å². The normalized spacial score (nSPS) is 11.4. The first-order chi connectivity index (χ1) is 13.8. The van der Waals surface area contributed by atoms with Gasteiger partial charge < -0.3 is 5.32 Å². The first kappa shape index (κ1) is 20.4. The van der Waals surface area contributed by atoms with Crippen LogP contribution in [0.15, 0.2) is 71.6 Å². The van der Waals surface area contributed by atoms with Crippen LogP contribution in [0.2, 0.25) is 0 Å². The van der Waals surface area contributed by atoms with E-state index in [0.29, 0.717) is 16.9 Å². The number of nitrogens with one attached hydrogen (secondary N) is 1. The van der Waals surface area contributed by atoms with E-state index in [0.717, 1.165) is 4.31 Å². The Kier molecular flexibility index (Phi) is 5.90. The van der Waals surface area contributed by atoms with Gasteiger partial charge in [-0.2, -0.15) is 0 Å². The third kappa shape index (κ3) is 4.41. The summed E-state index contributed by atoms with van der Waals surface area (Å²) in [6, 6.07) is 18.5. The summed E-state index contributed by atoms with van der Waals surface area (Å²) in [5.41, 5.74) is 1.34. The van der Waals surface area contributed by atoms with Crippen molar-refractivity contribution >= 4 is 21.5 Å². The van der Waals surface area contributed by atoms with Crippen molar-refractivity contribution in [1.82, 2.24) is 9.29 Å². The van der Waals surface area contributed by atoms with Crippen molar-refractivity contribution in [3.05, 3.63) is 82.4 Å². The molecule has 1 N–H and O–H groups in total. The van der Waals surface area contributed by atoms with Gasteiger partial charge in [0, 0.05) is 32.3 Å². The van der Waals surface area contributed by atoms with E-state index in [4.69, 9.17) is 0 Å². The summed E-state index contributed by atoms with van der Waals surface area (Å²) in [6.07, 6.45) is 0. The highest BCUT2D eigenvalue weighted by molar-refractivity contribution is 7.89. The zero-order valence-corrected chi connectivity index (χ0v) is 16.8.